The van der Waals surface area contributed by atoms with Crippen LogP contribution in [0.5, 0.6) is 0 Å². The number of hydrogen-bond donors (Lipinski definition) is 2. The number of pyridine rings is 1. The van der Waals surface area contributed by atoms with Crippen molar-refractivity contribution in [1.29, 1.82) is 5.26 Å². The van der Waals surface area contributed by atoms with Crippen molar-refractivity contribution < 1.29 is 4.79 Å². The van der Waals surface area contributed by atoms with Gasteiger partial charge in [-0.05, 0) is 44.5 Å². The van der Waals surface area contributed by atoms with Gasteiger partial charge in [-0.1, -0.05) is 12.1 Å². The Morgan fingerprint density at radius 2 is 1.96 bits per heavy atom. The molecule has 1 amide bonds. The number of nitriles is 1. The fourth-order valence-electron chi connectivity index (χ4n) is 2.34. The Bertz CT molecular complexity index is 745. The third kappa shape index (κ3) is 4.07. The maximum Gasteiger partial charge on any atom is 0.251 e. The molecule has 0 aliphatic heterocycles. The lowest BCUT2D eigenvalue weighted by Gasteiger charge is -2.11. The van der Waals surface area contributed by atoms with Gasteiger partial charge < -0.3 is 10.6 Å². The van der Waals surface area contributed by atoms with Crippen molar-refractivity contribution in [3.8, 4) is 6.07 Å². The average molecular weight is 308 g/mol. The Labute approximate surface area is 136 Å². The molecule has 1 heterocycles. The van der Waals surface area contributed by atoms with Gasteiger partial charge in [0.25, 0.3) is 5.91 Å². The topological polar surface area (TPSA) is 77.8 Å². The number of anilines is 1. The smallest absolute Gasteiger partial charge is 0.251 e. The van der Waals surface area contributed by atoms with Crippen molar-refractivity contribution in [2.75, 3.05) is 11.9 Å². The van der Waals surface area contributed by atoms with E-state index in [1.165, 1.54) is 0 Å². The van der Waals surface area contributed by atoms with Crippen LogP contribution in [0.2, 0.25) is 0 Å². The molecule has 0 atom stereocenters. The molecule has 5 heteroatoms. The molecule has 2 aromatic rings. The molecular formula is C18H20N4O. The summed E-state index contributed by atoms with van der Waals surface area (Å²) in [4.78, 5) is 16.0. The molecule has 1 aromatic carbocycles. The summed E-state index contributed by atoms with van der Waals surface area (Å²) in [5, 5.41) is 15.3. The minimum atomic E-state index is -0.0702. The maximum atomic E-state index is 11.7. The first-order chi connectivity index (χ1) is 11.0. The molecule has 0 saturated carbocycles. The fraction of sp³-hybridized carbons (Fsp3) is 0.278. The first-order valence-electron chi connectivity index (χ1n) is 7.54. The van der Waals surface area contributed by atoms with Gasteiger partial charge in [-0.3, -0.25) is 9.78 Å². The van der Waals surface area contributed by atoms with Crippen LogP contribution in [0.3, 0.4) is 0 Å². The van der Waals surface area contributed by atoms with Crippen LogP contribution in [-0.4, -0.2) is 17.4 Å². The second kappa shape index (κ2) is 7.41. The van der Waals surface area contributed by atoms with E-state index in [1.54, 1.807) is 12.1 Å². The standard InChI is InChI=1S/C18H20N4O/c1-4-20-18(23)15-7-5-14(6-8-15)11-21-17-9-12(2)22-13(3)16(17)10-19/h5-9H,4,11H2,1-3H3,(H,20,23)(H,21,22). The number of nitrogens with zero attached hydrogens (tertiary/aromatic N) is 2. The SMILES string of the molecule is CCNC(=O)c1ccc(CNc2cc(C)nc(C)c2C#N)cc1. The Morgan fingerprint density at radius 3 is 2.57 bits per heavy atom. The van der Waals surface area contributed by atoms with E-state index in [0.29, 0.717) is 24.2 Å². The summed E-state index contributed by atoms with van der Waals surface area (Å²) in [5.41, 5.74) is 4.62. The molecule has 2 N–H and O–H groups in total. The normalized spacial score (nSPS) is 10.0. The molecular weight excluding hydrogens is 288 g/mol. The number of hydrogen-bond acceptors (Lipinski definition) is 4. The van der Waals surface area contributed by atoms with Gasteiger partial charge in [0.2, 0.25) is 0 Å². The fourth-order valence-corrected chi connectivity index (χ4v) is 2.34. The van der Waals surface area contributed by atoms with E-state index in [0.717, 1.165) is 22.6 Å². The highest BCUT2D eigenvalue weighted by Crippen LogP contribution is 2.19. The molecule has 0 radical (unpaired) electrons. The highest BCUT2D eigenvalue weighted by molar-refractivity contribution is 5.94. The molecule has 1 aromatic heterocycles. The minimum absolute atomic E-state index is 0.0702. The zero-order chi connectivity index (χ0) is 16.8. The van der Waals surface area contributed by atoms with Crippen molar-refractivity contribution in [2.24, 2.45) is 0 Å². The second-order valence-electron chi connectivity index (χ2n) is 5.29. The van der Waals surface area contributed by atoms with E-state index in [9.17, 15) is 10.1 Å². The third-order valence-corrected chi connectivity index (χ3v) is 3.48. The molecule has 0 aliphatic rings. The highest BCUT2D eigenvalue weighted by Gasteiger charge is 2.08. The first kappa shape index (κ1) is 16.5. The molecule has 23 heavy (non-hydrogen) atoms. The quantitative estimate of drug-likeness (QED) is 0.890. The summed E-state index contributed by atoms with van der Waals surface area (Å²) in [6.45, 7) is 6.81. The van der Waals surface area contributed by atoms with Crippen LogP contribution < -0.4 is 10.6 Å². The van der Waals surface area contributed by atoms with Crippen LogP contribution in [0.25, 0.3) is 0 Å². The van der Waals surface area contributed by atoms with Gasteiger partial charge in [-0.15, -0.1) is 0 Å². The molecule has 2 rings (SSSR count). The van der Waals surface area contributed by atoms with Crippen LogP contribution in [-0.2, 0) is 6.54 Å². The van der Waals surface area contributed by atoms with Gasteiger partial charge in [0.1, 0.15) is 6.07 Å². The molecule has 0 aliphatic carbocycles. The zero-order valence-electron chi connectivity index (χ0n) is 13.6. The van der Waals surface area contributed by atoms with Gasteiger partial charge in [0.05, 0.1) is 16.9 Å². The van der Waals surface area contributed by atoms with Crippen molar-refractivity contribution in [2.45, 2.75) is 27.3 Å². The van der Waals surface area contributed by atoms with E-state index >= 15 is 0 Å². The Morgan fingerprint density at radius 1 is 1.26 bits per heavy atom. The lowest BCUT2D eigenvalue weighted by atomic mass is 10.1. The lowest BCUT2D eigenvalue weighted by molar-refractivity contribution is 0.0956. The number of amides is 1. The number of carbonyl (C=O) groups is 1. The summed E-state index contributed by atoms with van der Waals surface area (Å²) in [7, 11) is 0. The van der Waals surface area contributed by atoms with Crippen molar-refractivity contribution in [3.63, 3.8) is 0 Å². The van der Waals surface area contributed by atoms with E-state index in [4.69, 9.17) is 0 Å². The minimum Gasteiger partial charge on any atom is -0.380 e. The van der Waals surface area contributed by atoms with Crippen molar-refractivity contribution in [3.05, 3.63) is 58.4 Å². The van der Waals surface area contributed by atoms with E-state index in [1.807, 2.05) is 39.0 Å². The summed E-state index contributed by atoms with van der Waals surface area (Å²) in [5.74, 6) is -0.0702. The highest BCUT2D eigenvalue weighted by atomic mass is 16.1. The molecule has 0 bridgehead atoms. The molecule has 5 nitrogen and oxygen atoms in total. The maximum absolute atomic E-state index is 11.7. The Balaban J connectivity index is 2.10. The average Bonchev–Trinajstić information content (AvgIpc) is 2.53. The molecule has 0 fully saturated rings. The predicted octanol–water partition coefficient (Wildman–Crippen LogP) is 2.93. The number of carbonyl (C=O) groups excluding carboxylic acids is 1. The van der Waals surface area contributed by atoms with E-state index in [2.05, 4.69) is 21.7 Å². The summed E-state index contributed by atoms with van der Waals surface area (Å²) in [6.07, 6.45) is 0. The summed E-state index contributed by atoms with van der Waals surface area (Å²) >= 11 is 0. The Hall–Kier alpha value is -2.87. The van der Waals surface area contributed by atoms with Gasteiger partial charge in [0.15, 0.2) is 0 Å². The van der Waals surface area contributed by atoms with Gasteiger partial charge >= 0.3 is 0 Å². The third-order valence-electron chi connectivity index (χ3n) is 3.48. The lowest BCUT2D eigenvalue weighted by Crippen LogP contribution is -2.22. The molecule has 118 valence electrons. The summed E-state index contributed by atoms with van der Waals surface area (Å²) in [6, 6.07) is 11.5. The van der Waals surface area contributed by atoms with Crippen LogP contribution in [0.4, 0.5) is 5.69 Å². The second-order valence-corrected chi connectivity index (χ2v) is 5.29. The van der Waals surface area contributed by atoms with Crippen LogP contribution >= 0.6 is 0 Å². The van der Waals surface area contributed by atoms with Gasteiger partial charge in [-0.25, -0.2) is 0 Å². The molecule has 0 spiro atoms. The molecule has 0 saturated heterocycles. The zero-order valence-corrected chi connectivity index (χ0v) is 13.6. The van der Waals surface area contributed by atoms with E-state index in [-0.39, 0.29) is 5.91 Å². The van der Waals surface area contributed by atoms with Gasteiger partial charge in [-0.2, -0.15) is 5.26 Å². The Kier molecular flexibility index (Phi) is 5.32. The summed E-state index contributed by atoms with van der Waals surface area (Å²) < 4.78 is 0. The number of nitrogens with one attached hydrogen (secondary N) is 2. The van der Waals surface area contributed by atoms with Crippen LogP contribution in [0.1, 0.15) is 39.8 Å². The predicted molar refractivity (Wildman–Crippen MR) is 90.2 cm³/mol. The monoisotopic (exact) mass is 308 g/mol. The first-order valence-corrected chi connectivity index (χ1v) is 7.54. The van der Waals surface area contributed by atoms with E-state index < -0.39 is 0 Å². The van der Waals surface area contributed by atoms with Crippen molar-refractivity contribution >= 4 is 11.6 Å². The van der Waals surface area contributed by atoms with Gasteiger partial charge in [0, 0.05) is 24.3 Å². The number of benzene rings is 1. The number of aromatic nitrogens is 1. The molecule has 0 unspecified atom stereocenters. The van der Waals surface area contributed by atoms with Crippen molar-refractivity contribution in [1.82, 2.24) is 10.3 Å². The number of aryl methyl sites for hydroxylation is 2. The number of rotatable bonds is 5. The largest absolute Gasteiger partial charge is 0.380 e. The van der Waals surface area contributed by atoms with Crippen LogP contribution in [0, 0.1) is 25.2 Å². The van der Waals surface area contributed by atoms with Crippen LogP contribution in [0.15, 0.2) is 30.3 Å².